The minimum atomic E-state index is 0.698. The predicted octanol–water partition coefficient (Wildman–Crippen LogP) is 2.02. The van der Waals surface area contributed by atoms with Crippen LogP contribution in [0.25, 0.3) is 0 Å². The van der Waals surface area contributed by atoms with Crippen molar-refractivity contribution in [1.82, 2.24) is 25.4 Å². The largest absolute Gasteiger partial charge is 0.356 e. The molecule has 0 saturated carbocycles. The van der Waals surface area contributed by atoms with Gasteiger partial charge >= 0.3 is 0 Å². The van der Waals surface area contributed by atoms with Gasteiger partial charge in [0.1, 0.15) is 5.01 Å². The fraction of sp³-hybridized carbons (Fsp3) is 0.562. The van der Waals surface area contributed by atoms with Crippen molar-refractivity contribution < 1.29 is 0 Å². The molecule has 2 heterocycles. The van der Waals surface area contributed by atoms with E-state index in [0.717, 1.165) is 35.3 Å². The summed E-state index contributed by atoms with van der Waals surface area (Å²) >= 11 is 1.73. The molecule has 0 aliphatic rings. The van der Waals surface area contributed by atoms with Gasteiger partial charge in [-0.3, -0.25) is 9.67 Å². The van der Waals surface area contributed by atoms with Gasteiger partial charge in [0.15, 0.2) is 5.96 Å². The smallest absolute Gasteiger partial charge is 0.191 e. The number of hydrogen-bond donors (Lipinski definition) is 2. The molecule has 0 aliphatic carbocycles. The number of aromatic nitrogens is 3. The molecule has 0 amide bonds. The Labute approximate surface area is 142 Å². The standard InChI is InChI=1S/C16H26N6S/c1-10-13(4)23-15(20-10)9-19-16(17-5)18-8-7-14-11(2)21-22(6)12(14)3/h7-9H2,1-6H3,(H2,17,18,19). The first-order valence-electron chi connectivity index (χ1n) is 7.78. The van der Waals surface area contributed by atoms with Crippen LogP contribution in [0.4, 0.5) is 0 Å². The third-order valence-electron chi connectivity index (χ3n) is 4.03. The van der Waals surface area contributed by atoms with Crippen LogP contribution in [0.15, 0.2) is 4.99 Å². The molecule has 126 valence electrons. The van der Waals surface area contributed by atoms with Crippen LogP contribution in [0.3, 0.4) is 0 Å². The van der Waals surface area contributed by atoms with Crippen molar-refractivity contribution in [2.75, 3.05) is 13.6 Å². The van der Waals surface area contributed by atoms with Crippen LogP contribution in [0.1, 0.15) is 32.5 Å². The van der Waals surface area contributed by atoms with Crippen LogP contribution >= 0.6 is 11.3 Å². The highest BCUT2D eigenvalue weighted by Crippen LogP contribution is 2.16. The molecule has 2 rings (SSSR count). The van der Waals surface area contributed by atoms with E-state index in [9.17, 15) is 0 Å². The second-order valence-corrected chi connectivity index (χ2v) is 6.91. The molecular formula is C16H26N6S. The Morgan fingerprint density at radius 3 is 2.43 bits per heavy atom. The normalized spacial score (nSPS) is 11.8. The summed E-state index contributed by atoms with van der Waals surface area (Å²) in [7, 11) is 3.77. The van der Waals surface area contributed by atoms with Gasteiger partial charge in [-0.1, -0.05) is 0 Å². The highest BCUT2D eigenvalue weighted by Gasteiger charge is 2.09. The van der Waals surface area contributed by atoms with E-state index in [1.54, 1.807) is 18.4 Å². The zero-order chi connectivity index (χ0) is 17.0. The van der Waals surface area contributed by atoms with Crippen LogP contribution < -0.4 is 10.6 Å². The van der Waals surface area contributed by atoms with E-state index in [2.05, 4.69) is 46.5 Å². The monoisotopic (exact) mass is 334 g/mol. The van der Waals surface area contributed by atoms with Crippen molar-refractivity contribution >= 4 is 17.3 Å². The van der Waals surface area contributed by atoms with Gasteiger partial charge in [-0.15, -0.1) is 11.3 Å². The van der Waals surface area contributed by atoms with Gasteiger partial charge in [-0.2, -0.15) is 5.10 Å². The number of rotatable bonds is 5. The number of aliphatic imine (C=N–C) groups is 1. The molecule has 6 nitrogen and oxygen atoms in total. The van der Waals surface area contributed by atoms with Gasteiger partial charge in [0.2, 0.25) is 0 Å². The molecule has 0 aliphatic heterocycles. The van der Waals surface area contributed by atoms with Crippen molar-refractivity contribution in [2.24, 2.45) is 12.0 Å². The lowest BCUT2D eigenvalue weighted by atomic mass is 10.1. The van der Waals surface area contributed by atoms with Crippen LogP contribution in [0, 0.1) is 27.7 Å². The summed E-state index contributed by atoms with van der Waals surface area (Å²) in [5, 5.41) is 12.2. The number of nitrogens with zero attached hydrogens (tertiary/aromatic N) is 4. The van der Waals surface area contributed by atoms with E-state index in [1.807, 2.05) is 18.7 Å². The maximum absolute atomic E-state index is 4.53. The topological polar surface area (TPSA) is 67.1 Å². The lowest BCUT2D eigenvalue weighted by molar-refractivity contribution is 0.728. The quantitative estimate of drug-likeness (QED) is 0.648. The Balaban J connectivity index is 1.83. The van der Waals surface area contributed by atoms with E-state index in [0.29, 0.717) is 6.54 Å². The highest BCUT2D eigenvalue weighted by atomic mass is 32.1. The molecule has 2 aromatic heterocycles. The molecule has 23 heavy (non-hydrogen) atoms. The summed E-state index contributed by atoms with van der Waals surface area (Å²) in [5.41, 5.74) is 4.74. The zero-order valence-electron chi connectivity index (χ0n) is 14.8. The Bertz CT molecular complexity index is 678. The first kappa shape index (κ1) is 17.5. The summed E-state index contributed by atoms with van der Waals surface area (Å²) in [4.78, 5) is 10.1. The van der Waals surface area contributed by atoms with Gasteiger partial charge in [-0.05, 0) is 39.7 Å². The van der Waals surface area contributed by atoms with Crippen molar-refractivity contribution in [3.63, 3.8) is 0 Å². The zero-order valence-corrected chi connectivity index (χ0v) is 15.6. The van der Waals surface area contributed by atoms with Gasteiger partial charge in [-0.25, -0.2) is 4.98 Å². The number of thiazole rings is 1. The Kier molecular flexibility index (Phi) is 5.76. The third-order valence-corrected chi connectivity index (χ3v) is 5.10. The number of guanidine groups is 1. The van der Waals surface area contributed by atoms with E-state index in [1.165, 1.54) is 16.1 Å². The van der Waals surface area contributed by atoms with Crippen molar-refractivity contribution in [2.45, 2.75) is 40.7 Å². The Morgan fingerprint density at radius 2 is 1.91 bits per heavy atom. The average Bonchev–Trinajstić information content (AvgIpc) is 2.95. The molecular weight excluding hydrogens is 308 g/mol. The molecule has 0 radical (unpaired) electrons. The van der Waals surface area contributed by atoms with Crippen LogP contribution in [-0.2, 0) is 20.0 Å². The van der Waals surface area contributed by atoms with E-state index in [4.69, 9.17) is 0 Å². The van der Waals surface area contributed by atoms with Crippen molar-refractivity contribution in [3.05, 3.63) is 32.5 Å². The van der Waals surface area contributed by atoms with Crippen molar-refractivity contribution in [3.8, 4) is 0 Å². The summed E-state index contributed by atoms with van der Waals surface area (Å²) in [6.07, 6.45) is 0.932. The molecule has 7 heteroatoms. The second-order valence-electron chi connectivity index (χ2n) is 5.62. The van der Waals surface area contributed by atoms with Gasteiger partial charge < -0.3 is 10.6 Å². The molecule has 0 unspecified atom stereocenters. The molecule has 0 saturated heterocycles. The predicted molar refractivity (Wildman–Crippen MR) is 96.2 cm³/mol. The summed E-state index contributed by atoms with van der Waals surface area (Å²) in [5.74, 6) is 0.801. The van der Waals surface area contributed by atoms with Crippen LogP contribution in [-0.4, -0.2) is 34.3 Å². The summed E-state index contributed by atoms with van der Waals surface area (Å²) in [6, 6.07) is 0. The third kappa shape index (κ3) is 4.31. The minimum Gasteiger partial charge on any atom is -0.356 e. The summed E-state index contributed by atoms with van der Waals surface area (Å²) < 4.78 is 1.94. The van der Waals surface area contributed by atoms with Crippen molar-refractivity contribution in [1.29, 1.82) is 0 Å². The minimum absolute atomic E-state index is 0.698. The molecule has 0 spiro atoms. The number of hydrogen-bond acceptors (Lipinski definition) is 4. The first-order chi connectivity index (χ1) is 10.9. The second kappa shape index (κ2) is 7.59. The molecule has 0 fully saturated rings. The lowest BCUT2D eigenvalue weighted by Gasteiger charge is -2.11. The van der Waals surface area contributed by atoms with E-state index in [-0.39, 0.29) is 0 Å². The SMILES string of the molecule is CN=C(NCCc1c(C)nn(C)c1C)NCc1nc(C)c(C)s1. The first-order valence-corrected chi connectivity index (χ1v) is 8.60. The Hall–Kier alpha value is -1.89. The fourth-order valence-corrected chi connectivity index (χ4v) is 3.35. The average molecular weight is 334 g/mol. The highest BCUT2D eigenvalue weighted by molar-refractivity contribution is 7.11. The van der Waals surface area contributed by atoms with Crippen LogP contribution in [0.5, 0.6) is 0 Å². The van der Waals surface area contributed by atoms with E-state index >= 15 is 0 Å². The maximum atomic E-state index is 4.53. The summed E-state index contributed by atoms with van der Waals surface area (Å²) in [6.45, 7) is 9.83. The van der Waals surface area contributed by atoms with E-state index < -0.39 is 0 Å². The molecule has 0 aromatic carbocycles. The number of nitrogens with one attached hydrogen (secondary N) is 2. The van der Waals surface area contributed by atoms with Crippen LogP contribution in [0.2, 0.25) is 0 Å². The fourth-order valence-electron chi connectivity index (χ4n) is 2.48. The molecule has 2 N–H and O–H groups in total. The van der Waals surface area contributed by atoms with Gasteiger partial charge in [0.25, 0.3) is 0 Å². The lowest BCUT2D eigenvalue weighted by Crippen LogP contribution is -2.37. The number of aryl methyl sites for hydroxylation is 4. The van der Waals surface area contributed by atoms with Gasteiger partial charge in [0.05, 0.1) is 17.9 Å². The molecule has 0 atom stereocenters. The molecule has 2 aromatic rings. The molecule has 0 bridgehead atoms. The maximum Gasteiger partial charge on any atom is 0.191 e. The van der Waals surface area contributed by atoms with Gasteiger partial charge in [0, 0.05) is 31.2 Å². The Morgan fingerprint density at radius 1 is 1.17 bits per heavy atom.